The van der Waals surface area contributed by atoms with E-state index in [0.717, 1.165) is 58.9 Å². The van der Waals surface area contributed by atoms with E-state index < -0.39 is 5.72 Å². The smallest absolute Gasteiger partial charge is 0.206 e. The predicted molar refractivity (Wildman–Crippen MR) is 130 cm³/mol. The van der Waals surface area contributed by atoms with Crippen LogP contribution >= 0.6 is 0 Å². The first-order chi connectivity index (χ1) is 16.3. The molecule has 0 spiro atoms. The van der Waals surface area contributed by atoms with Crippen LogP contribution in [-0.2, 0) is 11.3 Å². The molecule has 5 rings (SSSR count). The van der Waals surface area contributed by atoms with E-state index in [1.54, 1.807) is 13.4 Å². The highest BCUT2D eigenvalue weighted by atomic mass is 19.1. The maximum Gasteiger partial charge on any atom is 0.206 e. The van der Waals surface area contributed by atoms with Crippen molar-refractivity contribution in [1.82, 2.24) is 14.5 Å². The molecule has 0 bridgehead atoms. The van der Waals surface area contributed by atoms with Gasteiger partial charge in [-0.05, 0) is 87.1 Å². The number of fused-ring (bicyclic) bond motifs is 1. The van der Waals surface area contributed by atoms with E-state index in [4.69, 9.17) is 9.57 Å². The molecule has 2 aromatic carbocycles. The minimum absolute atomic E-state index is 0.214. The van der Waals surface area contributed by atoms with Gasteiger partial charge in [-0.15, -0.1) is 0 Å². The van der Waals surface area contributed by atoms with Gasteiger partial charge in [0.25, 0.3) is 0 Å². The number of amidine groups is 1. The van der Waals surface area contributed by atoms with Crippen LogP contribution < -0.4 is 4.74 Å². The lowest BCUT2D eigenvalue weighted by Gasteiger charge is -2.42. The van der Waals surface area contributed by atoms with E-state index in [-0.39, 0.29) is 11.9 Å². The van der Waals surface area contributed by atoms with Crippen LogP contribution in [0.25, 0.3) is 11.8 Å². The van der Waals surface area contributed by atoms with E-state index in [9.17, 15) is 4.39 Å². The Bertz CT molecular complexity index is 1260. The Morgan fingerprint density at radius 3 is 2.71 bits per heavy atom. The Morgan fingerprint density at radius 2 is 2.00 bits per heavy atom. The van der Waals surface area contributed by atoms with Crippen molar-refractivity contribution in [3.8, 4) is 11.4 Å². The fraction of sp³-hybridized carbons (Fsp3) is 0.333. The molecule has 1 aromatic heterocycles. The summed E-state index contributed by atoms with van der Waals surface area (Å²) in [5.74, 6) is 1.43. The van der Waals surface area contributed by atoms with Crippen molar-refractivity contribution in [3.05, 3.63) is 83.2 Å². The molecular weight excluding hydrogens is 431 g/mol. The molecule has 3 heterocycles. The largest absolute Gasteiger partial charge is 0.495 e. The number of nitrogens with zero attached hydrogens (tertiary/aromatic N) is 4. The number of aromatic nitrogens is 2. The topological polar surface area (TPSA) is 51.9 Å². The van der Waals surface area contributed by atoms with Gasteiger partial charge in [0.2, 0.25) is 5.72 Å². The van der Waals surface area contributed by atoms with Crippen LogP contribution in [-0.4, -0.2) is 39.2 Å². The van der Waals surface area contributed by atoms with E-state index in [1.165, 1.54) is 12.1 Å². The van der Waals surface area contributed by atoms with E-state index in [1.807, 2.05) is 55.8 Å². The van der Waals surface area contributed by atoms with Crippen LogP contribution in [0.2, 0.25) is 0 Å². The third-order valence-electron chi connectivity index (χ3n) is 6.48. The number of piperidine rings is 1. The molecule has 0 saturated carbocycles. The SMILES string of the molecule is COc1cc(/C=C2\CC[C@@H](Cc3ccc(F)cc3)N3C2=NOC3(C)C)ccc1-n1cnc(C)c1. The number of halogens is 1. The lowest BCUT2D eigenvalue weighted by atomic mass is 9.89. The fourth-order valence-electron chi connectivity index (χ4n) is 4.86. The third-order valence-corrected chi connectivity index (χ3v) is 6.48. The minimum atomic E-state index is -0.541. The highest BCUT2D eigenvalue weighted by molar-refractivity contribution is 6.03. The molecule has 2 aliphatic heterocycles. The standard InChI is InChI=1S/C27H29FN4O2/c1-18-16-31(17-29-18)24-12-7-20(15-25(24)33-4)13-21-8-11-23(14-19-5-9-22(28)10-6-19)32-26(21)30-34-27(32,2)3/h5-7,9-10,12-13,15-17,23H,8,11,14H2,1-4H3/b21-13+/t23-/m0/s1. The quantitative estimate of drug-likeness (QED) is 0.505. The maximum atomic E-state index is 13.4. The molecule has 0 unspecified atom stereocenters. The first kappa shape index (κ1) is 22.2. The first-order valence-corrected chi connectivity index (χ1v) is 11.5. The van der Waals surface area contributed by atoms with Crippen molar-refractivity contribution in [2.24, 2.45) is 5.16 Å². The molecule has 3 aromatic rings. The van der Waals surface area contributed by atoms with Crippen LogP contribution in [0.4, 0.5) is 4.39 Å². The summed E-state index contributed by atoms with van der Waals surface area (Å²) < 4.78 is 21.0. The summed E-state index contributed by atoms with van der Waals surface area (Å²) in [6.45, 7) is 6.04. The first-order valence-electron chi connectivity index (χ1n) is 11.5. The van der Waals surface area contributed by atoms with Gasteiger partial charge in [0, 0.05) is 12.2 Å². The number of ether oxygens (including phenoxy) is 1. The van der Waals surface area contributed by atoms with Crippen molar-refractivity contribution in [2.45, 2.75) is 51.8 Å². The molecule has 34 heavy (non-hydrogen) atoms. The minimum Gasteiger partial charge on any atom is -0.495 e. The van der Waals surface area contributed by atoms with Gasteiger partial charge in [-0.2, -0.15) is 0 Å². The van der Waals surface area contributed by atoms with Crippen molar-refractivity contribution < 1.29 is 14.0 Å². The fourth-order valence-corrected chi connectivity index (χ4v) is 4.86. The molecule has 1 saturated heterocycles. The monoisotopic (exact) mass is 460 g/mol. The summed E-state index contributed by atoms with van der Waals surface area (Å²) in [6.07, 6.45) is 8.58. The zero-order chi connectivity index (χ0) is 23.9. The van der Waals surface area contributed by atoms with Crippen LogP contribution in [0.15, 0.2) is 65.7 Å². The van der Waals surface area contributed by atoms with Gasteiger partial charge in [0.15, 0.2) is 5.84 Å². The van der Waals surface area contributed by atoms with Crippen LogP contribution in [0, 0.1) is 12.7 Å². The summed E-state index contributed by atoms with van der Waals surface area (Å²) >= 11 is 0. The van der Waals surface area contributed by atoms with E-state index in [2.05, 4.69) is 27.2 Å². The number of rotatable bonds is 5. The Hall–Kier alpha value is -3.61. The number of hydrogen-bond donors (Lipinski definition) is 0. The number of imidazole rings is 1. The zero-order valence-corrected chi connectivity index (χ0v) is 20.0. The Labute approximate surface area is 199 Å². The van der Waals surface area contributed by atoms with Crippen LogP contribution in [0.3, 0.4) is 0 Å². The van der Waals surface area contributed by atoms with Gasteiger partial charge in [0.05, 0.1) is 24.8 Å². The highest BCUT2D eigenvalue weighted by Gasteiger charge is 2.45. The lowest BCUT2D eigenvalue weighted by molar-refractivity contribution is -0.0846. The van der Waals surface area contributed by atoms with Gasteiger partial charge in [-0.25, -0.2) is 9.37 Å². The second-order valence-electron chi connectivity index (χ2n) is 9.37. The normalized spacial score (nSPS) is 20.1. The van der Waals surface area contributed by atoms with Gasteiger partial charge in [0.1, 0.15) is 11.6 Å². The second-order valence-corrected chi connectivity index (χ2v) is 9.37. The molecule has 0 aliphatic carbocycles. The zero-order valence-electron chi connectivity index (χ0n) is 20.0. The summed E-state index contributed by atoms with van der Waals surface area (Å²) in [6, 6.07) is 13.1. The highest BCUT2D eigenvalue weighted by Crippen LogP contribution is 2.38. The molecule has 2 aliphatic rings. The number of hydrogen-bond acceptors (Lipinski definition) is 5. The average Bonchev–Trinajstić information content (AvgIpc) is 3.39. The summed E-state index contributed by atoms with van der Waals surface area (Å²) in [7, 11) is 1.68. The van der Waals surface area contributed by atoms with Gasteiger partial charge >= 0.3 is 0 Å². The van der Waals surface area contributed by atoms with E-state index in [0.29, 0.717) is 0 Å². The lowest BCUT2D eigenvalue weighted by Crippen LogP contribution is -2.53. The average molecular weight is 461 g/mol. The van der Waals surface area contributed by atoms with Crippen molar-refractivity contribution in [3.63, 3.8) is 0 Å². The van der Waals surface area contributed by atoms with Crippen LogP contribution in [0.1, 0.15) is 43.5 Å². The molecule has 0 radical (unpaired) electrons. The molecule has 1 atom stereocenters. The molecule has 6 nitrogen and oxygen atoms in total. The summed E-state index contributed by atoms with van der Waals surface area (Å²) in [5.41, 5.74) is 4.63. The van der Waals surface area contributed by atoms with Crippen molar-refractivity contribution in [2.75, 3.05) is 7.11 Å². The molecule has 1 fully saturated rings. The number of methoxy groups -OCH3 is 1. The van der Waals surface area contributed by atoms with E-state index >= 15 is 0 Å². The number of aryl methyl sites for hydroxylation is 1. The van der Waals surface area contributed by atoms with Gasteiger partial charge in [-0.3, -0.25) is 0 Å². The van der Waals surface area contributed by atoms with Gasteiger partial charge < -0.3 is 19.0 Å². The van der Waals surface area contributed by atoms with Gasteiger partial charge in [-0.1, -0.05) is 23.4 Å². The summed E-state index contributed by atoms with van der Waals surface area (Å²) in [4.78, 5) is 12.4. The maximum absolute atomic E-state index is 13.4. The van der Waals surface area contributed by atoms with Crippen LogP contribution in [0.5, 0.6) is 5.75 Å². The number of oxime groups is 1. The van der Waals surface area contributed by atoms with Crippen molar-refractivity contribution >= 4 is 11.9 Å². The molecule has 7 heteroatoms. The molecule has 0 amide bonds. The van der Waals surface area contributed by atoms with Crippen molar-refractivity contribution in [1.29, 1.82) is 0 Å². The number of benzene rings is 2. The Kier molecular flexibility index (Phi) is 5.63. The second kappa shape index (κ2) is 8.63. The Morgan fingerprint density at radius 1 is 1.21 bits per heavy atom. The Balaban J connectivity index is 1.43. The third kappa shape index (κ3) is 4.18. The molecule has 176 valence electrons. The predicted octanol–water partition coefficient (Wildman–Crippen LogP) is 5.50. The molecular formula is C27H29FN4O2. The summed E-state index contributed by atoms with van der Waals surface area (Å²) in [5, 5.41) is 4.48. The molecule has 0 N–H and O–H groups in total.